The molecule has 0 aliphatic carbocycles. The van der Waals surface area contributed by atoms with Crippen LogP contribution in [0.2, 0.25) is 0 Å². The standard InChI is InChI=1S/C22H24N2O5/c1-15-12-18(29-14-20(25)26)9-10-19(15)23-21(27)17-8-5-11-24(13-17)22(28)16-6-3-2-4-7-16/h2-4,6-7,9-10,12,17H,5,8,11,13-14H2,1H3,(H,23,27)(H,25,26). The molecule has 1 aliphatic rings. The summed E-state index contributed by atoms with van der Waals surface area (Å²) in [6.45, 7) is 2.43. The van der Waals surface area contributed by atoms with Crippen molar-refractivity contribution in [3.63, 3.8) is 0 Å². The van der Waals surface area contributed by atoms with Gasteiger partial charge in [0.2, 0.25) is 5.91 Å². The molecule has 29 heavy (non-hydrogen) atoms. The van der Waals surface area contributed by atoms with Gasteiger partial charge in [-0.05, 0) is 55.7 Å². The Balaban J connectivity index is 1.61. The van der Waals surface area contributed by atoms with Crippen molar-refractivity contribution in [1.29, 1.82) is 0 Å². The minimum Gasteiger partial charge on any atom is -0.482 e. The first-order valence-corrected chi connectivity index (χ1v) is 9.54. The van der Waals surface area contributed by atoms with E-state index in [0.717, 1.165) is 18.4 Å². The highest BCUT2D eigenvalue weighted by molar-refractivity contribution is 5.96. The fourth-order valence-electron chi connectivity index (χ4n) is 3.38. The summed E-state index contributed by atoms with van der Waals surface area (Å²) in [6, 6.07) is 14.1. The summed E-state index contributed by atoms with van der Waals surface area (Å²) >= 11 is 0. The Morgan fingerprint density at radius 2 is 1.93 bits per heavy atom. The number of carboxylic acid groups (broad SMARTS) is 1. The zero-order valence-corrected chi connectivity index (χ0v) is 16.3. The highest BCUT2D eigenvalue weighted by Gasteiger charge is 2.29. The number of carbonyl (C=O) groups excluding carboxylic acids is 2. The number of amides is 2. The lowest BCUT2D eigenvalue weighted by Crippen LogP contribution is -2.43. The van der Waals surface area contributed by atoms with Gasteiger partial charge >= 0.3 is 5.97 Å². The molecule has 1 aliphatic heterocycles. The second-order valence-electron chi connectivity index (χ2n) is 7.10. The van der Waals surface area contributed by atoms with Gasteiger partial charge in [0.25, 0.3) is 5.91 Å². The molecule has 0 bridgehead atoms. The average molecular weight is 396 g/mol. The largest absolute Gasteiger partial charge is 0.482 e. The molecule has 7 nitrogen and oxygen atoms in total. The fraction of sp³-hybridized carbons (Fsp3) is 0.318. The molecule has 3 rings (SSSR count). The van der Waals surface area contributed by atoms with Crippen molar-refractivity contribution in [2.45, 2.75) is 19.8 Å². The number of hydrogen-bond acceptors (Lipinski definition) is 4. The predicted molar refractivity (Wildman–Crippen MR) is 108 cm³/mol. The average Bonchev–Trinajstić information content (AvgIpc) is 2.74. The lowest BCUT2D eigenvalue weighted by molar-refractivity contribution is -0.139. The van der Waals surface area contributed by atoms with Crippen LogP contribution < -0.4 is 10.1 Å². The summed E-state index contributed by atoms with van der Waals surface area (Å²) in [5.41, 5.74) is 2.04. The number of benzene rings is 2. The number of likely N-dealkylation sites (tertiary alicyclic amines) is 1. The van der Waals surface area contributed by atoms with Crippen molar-refractivity contribution in [3.8, 4) is 5.75 Å². The van der Waals surface area contributed by atoms with E-state index in [4.69, 9.17) is 9.84 Å². The van der Waals surface area contributed by atoms with Crippen LogP contribution in [0.3, 0.4) is 0 Å². The van der Waals surface area contributed by atoms with Crippen LogP contribution in [0.25, 0.3) is 0 Å². The molecule has 0 radical (unpaired) electrons. The Bertz CT molecular complexity index is 897. The van der Waals surface area contributed by atoms with Crippen LogP contribution in [-0.4, -0.2) is 47.5 Å². The lowest BCUT2D eigenvalue weighted by Gasteiger charge is -2.32. The van der Waals surface area contributed by atoms with Gasteiger partial charge in [-0.2, -0.15) is 0 Å². The Labute approximate surface area is 169 Å². The smallest absolute Gasteiger partial charge is 0.341 e. The number of aliphatic carboxylic acids is 1. The normalized spacial score (nSPS) is 16.2. The highest BCUT2D eigenvalue weighted by Crippen LogP contribution is 2.24. The molecule has 1 atom stereocenters. The second kappa shape index (κ2) is 9.23. The molecule has 1 saturated heterocycles. The molecule has 2 amide bonds. The Morgan fingerprint density at radius 1 is 1.17 bits per heavy atom. The first-order chi connectivity index (χ1) is 13.9. The summed E-state index contributed by atoms with van der Waals surface area (Å²) in [6.07, 6.45) is 1.50. The number of piperidine rings is 1. The molecule has 0 spiro atoms. The van der Waals surface area contributed by atoms with Crippen molar-refractivity contribution in [3.05, 3.63) is 59.7 Å². The molecular weight excluding hydrogens is 372 g/mol. The second-order valence-corrected chi connectivity index (χ2v) is 7.10. The van der Waals surface area contributed by atoms with Crippen LogP contribution in [0.4, 0.5) is 5.69 Å². The number of rotatable bonds is 6. The van der Waals surface area contributed by atoms with Gasteiger partial charge in [-0.3, -0.25) is 9.59 Å². The number of nitrogens with one attached hydrogen (secondary N) is 1. The zero-order chi connectivity index (χ0) is 20.8. The minimum absolute atomic E-state index is 0.0563. The first kappa shape index (κ1) is 20.4. The summed E-state index contributed by atoms with van der Waals surface area (Å²) in [5, 5.41) is 11.6. The molecule has 2 N–H and O–H groups in total. The third kappa shape index (κ3) is 5.34. The molecule has 152 valence electrons. The van der Waals surface area contributed by atoms with E-state index in [1.165, 1.54) is 0 Å². The number of carbonyl (C=O) groups is 3. The van der Waals surface area contributed by atoms with E-state index in [0.29, 0.717) is 30.1 Å². The van der Waals surface area contributed by atoms with Crippen LogP contribution in [0.1, 0.15) is 28.8 Å². The Hall–Kier alpha value is -3.35. The molecule has 0 saturated carbocycles. The molecular formula is C22H24N2O5. The van der Waals surface area contributed by atoms with Crippen molar-refractivity contribution in [2.75, 3.05) is 25.0 Å². The summed E-state index contributed by atoms with van der Waals surface area (Å²) in [7, 11) is 0. The molecule has 1 fully saturated rings. The predicted octanol–water partition coefficient (Wildman–Crippen LogP) is 2.95. The highest BCUT2D eigenvalue weighted by atomic mass is 16.5. The van der Waals surface area contributed by atoms with Gasteiger partial charge in [0, 0.05) is 24.3 Å². The summed E-state index contributed by atoms with van der Waals surface area (Å²) in [4.78, 5) is 37.8. The molecule has 2 aromatic rings. The maximum Gasteiger partial charge on any atom is 0.341 e. The molecule has 7 heteroatoms. The molecule has 1 heterocycles. The number of nitrogens with zero attached hydrogens (tertiary/aromatic N) is 1. The van der Waals surface area contributed by atoms with E-state index in [2.05, 4.69) is 5.32 Å². The van der Waals surface area contributed by atoms with Crippen LogP contribution >= 0.6 is 0 Å². The van der Waals surface area contributed by atoms with Gasteiger partial charge in [0.1, 0.15) is 5.75 Å². The number of hydrogen-bond donors (Lipinski definition) is 2. The van der Waals surface area contributed by atoms with E-state index in [9.17, 15) is 14.4 Å². The van der Waals surface area contributed by atoms with Crippen LogP contribution in [-0.2, 0) is 9.59 Å². The van der Waals surface area contributed by atoms with Gasteiger partial charge in [0.05, 0.1) is 5.92 Å². The van der Waals surface area contributed by atoms with Crippen LogP contribution in [0.15, 0.2) is 48.5 Å². The monoisotopic (exact) mass is 396 g/mol. The molecule has 0 aromatic heterocycles. The van der Waals surface area contributed by atoms with E-state index < -0.39 is 12.6 Å². The van der Waals surface area contributed by atoms with Crippen molar-refractivity contribution >= 4 is 23.5 Å². The van der Waals surface area contributed by atoms with Crippen LogP contribution in [0, 0.1) is 12.8 Å². The third-order valence-electron chi connectivity index (χ3n) is 4.92. The molecule has 1 unspecified atom stereocenters. The number of aryl methyl sites for hydroxylation is 1. The third-order valence-corrected chi connectivity index (χ3v) is 4.92. The maximum atomic E-state index is 12.8. The fourth-order valence-corrected chi connectivity index (χ4v) is 3.38. The van der Waals surface area contributed by atoms with Gasteiger partial charge in [0.15, 0.2) is 6.61 Å². The van der Waals surface area contributed by atoms with Gasteiger partial charge < -0.3 is 20.1 Å². The van der Waals surface area contributed by atoms with Gasteiger partial charge in [-0.1, -0.05) is 18.2 Å². The first-order valence-electron chi connectivity index (χ1n) is 9.54. The van der Waals surface area contributed by atoms with Gasteiger partial charge in [-0.15, -0.1) is 0 Å². The zero-order valence-electron chi connectivity index (χ0n) is 16.3. The van der Waals surface area contributed by atoms with Crippen molar-refractivity contribution in [1.82, 2.24) is 4.90 Å². The van der Waals surface area contributed by atoms with E-state index in [1.807, 2.05) is 25.1 Å². The quantitative estimate of drug-likeness (QED) is 0.783. The molecule has 2 aromatic carbocycles. The Morgan fingerprint density at radius 3 is 2.62 bits per heavy atom. The van der Waals surface area contributed by atoms with Gasteiger partial charge in [-0.25, -0.2) is 4.79 Å². The van der Waals surface area contributed by atoms with Crippen molar-refractivity contribution < 1.29 is 24.2 Å². The van der Waals surface area contributed by atoms with E-state index in [-0.39, 0.29) is 17.7 Å². The van der Waals surface area contributed by atoms with E-state index in [1.54, 1.807) is 35.2 Å². The minimum atomic E-state index is -1.05. The summed E-state index contributed by atoms with van der Waals surface area (Å²) in [5.74, 6) is -1.08. The Kier molecular flexibility index (Phi) is 6.49. The number of ether oxygens (including phenoxy) is 1. The SMILES string of the molecule is Cc1cc(OCC(=O)O)ccc1NC(=O)C1CCCN(C(=O)c2ccccc2)C1. The topological polar surface area (TPSA) is 95.9 Å². The number of carboxylic acids is 1. The summed E-state index contributed by atoms with van der Waals surface area (Å²) < 4.78 is 5.15. The number of anilines is 1. The van der Waals surface area contributed by atoms with Crippen molar-refractivity contribution in [2.24, 2.45) is 5.92 Å². The van der Waals surface area contributed by atoms with E-state index >= 15 is 0 Å². The lowest BCUT2D eigenvalue weighted by atomic mass is 9.96. The van der Waals surface area contributed by atoms with Crippen LogP contribution in [0.5, 0.6) is 5.75 Å². The maximum absolute atomic E-state index is 12.8.